The van der Waals surface area contributed by atoms with Crippen LogP contribution in [-0.4, -0.2) is 61.0 Å². The Labute approximate surface area is 127 Å². The third-order valence-corrected chi connectivity index (χ3v) is 6.74. The van der Waals surface area contributed by atoms with Gasteiger partial charge in [0.2, 0.25) is 15.9 Å². The van der Waals surface area contributed by atoms with Crippen LogP contribution in [0, 0.1) is 5.92 Å². The second-order valence-corrected chi connectivity index (χ2v) is 8.69. The Morgan fingerprint density at radius 3 is 2.38 bits per heavy atom. The summed E-state index contributed by atoms with van der Waals surface area (Å²) in [4.78, 5) is 14.5. The molecule has 2 N–H and O–H groups in total. The minimum Gasteiger partial charge on any atom is -0.340 e. The molecule has 1 saturated carbocycles. The number of piperazine rings is 1. The molecule has 2 atom stereocenters. The highest BCUT2D eigenvalue weighted by Gasteiger charge is 2.40. The maximum atomic E-state index is 12.7. The van der Waals surface area contributed by atoms with Crippen molar-refractivity contribution in [3.63, 3.8) is 0 Å². The van der Waals surface area contributed by atoms with Gasteiger partial charge in [-0.25, -0.2) is 8.42 Å². The highest BCUT2D eigenvalue weighted by atomic mass is 32.2. The first kappa shape index (κ1) is 16.7. The van der Waals surface area contributed by atoms with Crippen LogP contribution >= 0.6 is 0 Å². The predicted octanol–water partition coefficient (Wildman–Crippen LogP) is 0.388. The van der Waals surface area contributed by atoms with E-state index in [-0.39, 0.29) is 17.6 Å². The first-order valence-electron chi connectivity index (χ1n) is 7.83. The summed E-state index contributed by atoms with van der Waals surface area (Å²) in [6.45, 7) is 5.36. The van der Waals surface area contributed by atoms with Gasteiger partial charge in [0.25, 0.3) is 0 Å². The summed E-state index contributed by atoms with van der Waals surface area (Å²) in [5.74, 6) is 0.0959. The van der Waals surface area contributed by atoms with Gasteiger partial charge in [0, 0.05) is 31.7 Å². The third-order valence-electron chi connectivity index (χ3n) is 4.86. The zero-order chi connectivity index (χ0) is 15.7. The van der Waals surface area contributed by atoms with Gasteiger partial charge in [-0.15, -0.1) is 0 Å². The fourth-order valence-corrected chi connectivity index (χ4v) is 4.44. The number of hydrogen-bond acceptors (Lipinski definition) is 4. The molecule has 0 aromatic carbocycles. The molecule has 1 saturated heterocycles. The van der Waals surface area contributed by atoms with Crippen LogP contribution in [-0.2, 0) is 14.8 Å². The highest BCUT2D eigenvalue weighted by Crippen LogP contribution is 2.33. The van der Waals surface area contributed by atoms with Gasteiger partial charge in [-0.2, -0.15) is 4.31 Å². The van der Waals surface area contributed by atoms with E-state index in [9.17, 15) is 13.2 Å². The van der Waals surface area contributed by atoms with Gasteiger partial charge in [0.05, 0.1) is 11.7 Å². The van der Waals surface area contributed by atoms with E-state index in [2.05, 4.69) is 0 Å². The molecule has 2 fully saturated rings. The van der Waals surface area contributed by atoms with Crippen LogP contribution in [0.5, 0.6) is 0 Å². The Morgan fingerprint density at radius 2 is 1.86 bits per heavy atom. The molecule has 7 heteroatoms. The lowest BCUT2D eigenvalue weighted by molar-refractivity contribution is -0.140. The number of amides is 1. The molecule has 21 heavy (non-hydrogen) atoms. The number of carbonyl (C=O) groups excluding carboxylic acids is 1. The molecule has 0 spiro atoms. The average molecular weight is 317 g/mol. The standard InChI is InChI=1S/C14H27N3O3S/c1-3-21(19,20)17-10-8-16(9-11-17)13(18)12-6-4-5-7-14(12,2)15/h12H,3-11,15H2,1-2H3. The van der Waals surface area contributed by atoms with E-state index in [1.54, 1.807) is 11.8 Å². The molecule has 122 valence electrons. The molecule has 2 unspecified atom stereocenters. The van der Waals surface area contributed by atoms with E-state index < -0.39 is 15.6 Å². The summed E-state index contributed by atoms with van der Waals surface area (Å²) in [5, 5.41) is 0. The van der Waals surface area contributed by atoms with E-state index >= 15 is 0 Å². The zero-order valence-corrected chi connectivity index (χ0v) is 13.9. The monoisotopic (exact) mass is 317 g/mol. The normalized spacial score (nSPS) is 32.1. The van der Waals surface area contributed by atoms with Gasteiger partial charge < -0.3 is 10.6 Å². The Balaban J connectivity index is 1.97. The van der Waals surface area contributed by atoms with Crippen LogP contribution in [0.25, 0.3) is 0 Å². The summed E-state index contributed by atoms with van der Waals surface area (Å²) >= 11 is 0. The van der Waals surface area contributed by atoms with Crippen molar-refractivity contribution in [3.05, 3.63) is 0 Å². The smallest absolute Gasteiger partial charge is 0.227 e. The Kier molecular flexibility index (Phi) is 4.95. The van der Waals surface area contributed by atoms with Gasteiger partial charge in [-0.3, -0.25) is 4.79 Å². The minimum atomic E-state index is -3.15. The Hall–Kier alpha value is -0.660. The van der Waals surface area contributed by atoms with Gasteiger partial charge in [-0.05, 0) is 26.7 Å². The van der Waals surface area contributed by atoms with E-state index in [0.717, 1.165) is 25.7 Å². The number of sulfonamides is 1. The number of hydrogen-bond donors (Lipinski definition) is 1. The Bertz CT molecular complexity index is 482. The molecule has 2 aliphatic rings. The molecule has 0 aromatic heterocycles. The number of rotatable bonds is 3. The van der Waals surface area contributed by atoms with Crippen molar-refractivity contribution in [2.45, 2.75) is 45.1 Å². The molecule has 2 rings (SSSR count). The summed E-state index contributed by atoms with van der Waals surface area (Å²) < 4.78 is 25.2. The van der Waals surface area contributed by atoms with Crippen LogP contribution in [0.2, 0.25) is 0 Å². The van der Waals surface area contributed by atoms with Crippen molar-refractivity contribution in [2.24, 2.45) is 11.7 Å². The number of nitrogens with two attached hydrogens (primary N) is 1. The van der Waals surface area contributed by atoms with Gasteiger partial charge in [0.1, 0.15) is 0 Å². The molecule has 1 aliphatic carbocycles. The zero-order valence-electron chi connectivity index (χ0n) is 13.0. The maximum absolute atomic E-state index is 12.7. The SMILES string of the molecule is CCS(=O)(=O)N1CCN(C(=O)C2CCCCC2(C)N)CC1. The van der Waals surface area contributed by atoms with Crippen molar-refractivity contribution in [1.82, 2.24) is 9.21 Å². The van der Waals surface area contributed by atoms with Crippen LogP contribution in [0.1, 0.15) is 39.5 Å². The van der Waals surface area contributed by atoms with E-state index in [1.165, 1.54) is 4.31 Å². The van der Waals surface area contributed by atoms with Crippen LogP contribution in [0.4, 0.5) is 0 Å². The van der Waals surface area contributed by atoms with Gasteiger partial charge in [-0.1, -0.05) is 12.8 Å². The fourth-order valence-electron chi connectivity index (χ4n) is 3.35. The molecule has 0 aromatic rings. The molecule has 0 bridgehead atoms. The van der Waals surface area contributed by atoms with Crippen molar-refractivity contribution >= 4 is 15.9 Å². The van der Waals surface area contributed by atoms with Crippen LogP contribution in [0.15, 0.2) is 0 Å². The number of nitrogens with zero attached hydrogens (tertiary/aromatic N) is 2. The summed E-state index contributed by atoms with van der Waals surface area (Å²) in [6.07, 6.45) is 3.86. The molecular weight excluding hydrogens is 290 g/mol. The molecule has 1 amide bonds. The third kappa shape index (κ3) is 3.57. The van der Waals surface area contributed by atoms with Crippen LogP contribution < -0.4 is 5.73 Å². The summed E-state index contributed by atoms with van der Waals surface area (Å²) in [6, 6.07) is 0. The van der Waals surface area contributed by atoms with Crippen molar-refractivity contribution < 1.29 is 13.2 Å². The highest BCUT2D eigenvalue weighted by molar-refractivity contribution is 7.89. The second kappa shape index (κ2) is 6.22. The molecule has 1 heterocycles. The quantitative estimate of drug-likeness (QED) is 0.816. The average Bonchev–Trinajstić information content (AvgIpc) is 2.46. The lowest BCUT2D eigenvalue weighted by Crippen LogP contribution is -2.57. The molecular formula is C14H27N3O3S. The lowest BCUT2D eigenvalue weighted by Gasteiger charge is -2.42. The van der Waals surface area contributed by atoms with E-state index in [0.29, 0.717) is 26.2 Å². The first-order chi connectivity index (χ1) is 9.78. The Morgan fingerprint density at radius 1 is 1.24 bits per heavy atom. The lowest BCUT2D eigenvalue weighted by atomic mass is 9.74. The van der Waals surface area contributed by atoms with Gasteiger partial charge in [0.15, 0.2) is 0 Å². The fraction of sp³-hybridized carbons (Fsp3) is 0.929. The van der Waals surface area contributed by atoms with Crippen LogP contribution in [0.3, 0.4) is 0 Å². The number of carbonyl (C=O) groups is 1. The predicted molar refractivity (Wildman–Crippen MR) is 82.2 cm³/mol. The topological polar surface area (TPSA) is 83.7 Å². The second-order valence-electron chi connectivity index (χ2n) is 6.43. The molecule has 1 aliphatic heterocycles. The van der Waals surface area contributed by atoms with Gasteiger partial charge >= 0.3 is 0 Å². The summed E-state index contributed by atoms with van der Waals surface area (Å²) in [5.41, 5.74) is 5.87. The maximum Gasteiger partial charge on any atom is 0.227 e. The minimum absolute atomic E-state index is 0.105. The van der Waals surface area contributed by atoms with E-state index in [4.69, 9.17) is 5.73 Å². The molecule has 6 nitrogen and oxygen atoms in total. The molecule has 0 radical (unpaired) electrons. The first-order valence-corrected chi connectivity index (χ1v) is 9.44. The van der Waals surface area contributed by atoms with Crippen molar-refractivity contribution in [3.8, 4) is 0 Å². The largest absolute Gasteiger partial charge is 0.340 e. The van der Waals surface area contributed by atoms with Crippen molar-refractivity contribution in [2.75, 3.05) is 31.9 Å². The van der Waals surface area contributed by atoms with Crippen molar-refractivity contribution in [1.29, 1.82) is 0 Å². The van der Waals surface area contributed by atoms with E-state index in [1.807, 2.05) is 6.92 Å². The summed E-state index contributed by atoms with van der Waals surface area (Å²) in [7, 11) is -3.15.